The zero-order valence-corrected chi connectivity index (χ0v) is 12.1. The Balaban J connectivity index is 1.59. The van der Waals surface area contributed by atoms with E-state index in [0.29, 0.717) is 18.8 Å². The minimum Gasteiger partial charge on any atom is -0.346 e. The third-order valence-corrected chi connectivity index (χ3v) is 3.77. The van der Waals surface area contributed by atoms with Crippen LogP contribution in [0.4, 0.5) is 0 Å². The topological polar surface area (TPSA) is 72.7 Å². The number of carbonyl (C=O) groups excluding carboxylic acids is 1. The molecule has 0 radical (unpaired) electrons. The molecule has 21 heavy (non-hydrogen) atoms. The largest absolute Gasteiger partial charge is 0.346 e. The lowest BCUT2D eigenvalue weighted by Crippen LogP contribution is -2.31. The van der Waals surface area contributed by atoms with Crippen LogP contribution in [-0.2, 0) is 18.3 Å². The van der Waals surface area contributed by atoms with Gasteiger partial charge in [-0.05, 0) is 25.2 Å². The maximum Gasteiger partial charge on any atom is 0.220 e. The van der Waals surface area contributed by atoms with Gasteiger partial charge in [-0.1, -0.05) is 0 Å². The molecule has 0 saturated heterocycles. The maximum absolute atomic E-state index is 12.2. The number of nitrogens with one attached hydrogen (secondary N) is 1. The van der Waals surface area contributed by atoms with Crippen LogP contribution in [-0.4, -0.2) is 25.4 Å². The Kier molecular flexibility index (Phi) is 3.94. The molecule has 2 aromatic heterocycles. The van der Waals surface area contributed by atoms with E-state index in [1.165, 1.54) is 0 Å². The first-order valence-corrected chi connectivity index (χ1v) is 7.25. The van der Waals surface area contributed by atoms with E-state index in [4.69, 9.17) is 0 Å². The molecule has 0 spiro atoms. The van der Waals surface area contributed by atoms with Crippen molar-refractivity contribution in [3.8, 4) is 0 Å². The first kappa shape index (κ1) is 13.7. The maximum atomic E-state index is 12.2. The molecule has 2 aromatic rings. The van der Waals surface area contributed by atoms with Crippen molar-refractivity contribution in [2.45, 2.75) is 31.7 Å². The van der Waals surface area contributed by atoms with Crippen molar-refractivity contribution < 1.29 is 4.79 Å². The first-order valence-electron chi connectivity index (χ1n) is 7.25. The lowest BCUT2D eigenvalue weighted by Gasteiger charge is -2.18. The normalized spacial score (nSPS) is 15.7. The highest BCUT2D eigenvalue weighted by molar-refractivity contribution is 5.76. The molecule has 0 aliphatic heterocycles. The molecule has 0 bridgehead atoms. The molecule has 1 N–H and O–H groups in total. The fraction of sp³-hybridized carbons (Fsp3) is 0.467. The fourth-order valence-corrected chi connectivity index (χ4v) is 2.45. The molecule has 1 aliphatic carbocycles. The molecule has 1 atom stereocenters. The van der Waals surface area contributed by atoms with Crippen molar-refractivity contribution in [2.75, 3.05) is 0 Å². The van der Waals surface area contributed by atoms with Crippen molar-refractivity contribution in [2.24, 2.45) is 13.0 Å². The summed E-state index contributed by atoms with van der Waals surface area (Å²) in [6.07, 6.45) is 12.0. The summed E-state index contributed by atoms with van der Waals surface area (Å²) >= 11 is 0. The summed E-state index contributed by atoms with van der Waals surface area (Å²) < 4.78 is 1.98. The van der Waals surface area contributed by atoms with Gasteiger partial charge in [0, 0.05) is 44.5 Å². The minimum atomic E-state index is 0.0272. The number of carbonyl (C=O) groups is 1. The second kappa shape index (κ2) is 6.03. The predicted molar refractivity (Wildman–Crippen MR) is 77.2 cm³/mol. The minimum absolute atomic E-state index is 0.0272. The molecular formula is C15H19N5O. The van der Waals surface area contributed by atoms with Crippen molar-refractivity contribution in [3.63, 3.8) is 0 Å². The quantitative estimate of drug-likeness (QED) is 0.871. The van der Waals surface area contributed by atoms with Gasteiger partial charge in [0.05, 0.1) is 11.7 Å². The Labute approximate surface area is 123 Å². The van der Waals surface area contributed by atoms with Crippen molar-refractivity contribution >= 4 is 5.91 Å². The van der Waals surface area contributed by atoms with Gasteiger partial charge < -0.3 is 9.88 Å². The number of imidazole rings is 1. The van der Waals surface area contributed by atoms with Crippen LogP contribution < -0.4 is 5.32 Å². The molecule has 1 amide bonds. The third kappa shape index (κ3) is 3.45. The van der Waals surface area contributed by atoms with Gasteiger partial charge in [-0.15, -0.1) is 0 Å². The summed E-state index contributed by atoms with van der Waals surface area (Å²) in [6, 6.07) is 0.0272. The monoisotopic (exact) mass is 285 g/mol. The Hall–Kier alpha value is -2.24. The van der Waals surface area contributed by atoms with Gasteiger partial charge >= 0.3 is 0 Å². The van der Waals surface area contributed by atoms with E-state index < -0.39 is 0 Å². The Morgan fingerprint density at radius 3 is 2.86 bits per heavy atom. The lowest BCUT2D eigenvalue weighted by atomic mass is 10.1. The average Bonchev–Trinajstić information content (AvgIpc) is 3.26. The number of aryl methyl sites for hydroxylation is 2. The molecule has 2 heterocycles. The Bertz CT molecular complexity index is 606. The van der Waals surface area contributed by atoms with Crippen molar-refractivity contribution in [1.29, 1.82) is 0 Å². The van der Waals surface area contributed by atoms with Crippen molar-refractivity contribution in [3.05, 3.63) is 42.5 Å². The van der Waals surface area contributed by atoms with Crippen LogP contribution in [0.25, 0.3) is 0 Å². The summed E-state index contributed by atoms with van der Waals surface area (Å²) in [7, 11) is 1.96. The van der Waals surface area contributed by atoms with Gasteiger partial charge in [-0.2, -0.15) is 0 Å². The molecule has 0 unspecified atom stereocenters. The van der Waals surface area contributed by atoms with Gasteiger partial charge in [-0.25, -0.2) is 4.98 Å². The molecule has 3 rings (SSSR count). The van der Waals surface area contributed by atoms with Crippen LogP contribution in [0.15, 0.2) is 31.0 Å². The molecule has 1 saturated carbocycles. The number of rotatable bonds is 6. The average molecular weight is 285 g/mol. The van der Waals surface area contributed by atoms with E-state index in [0.717, 1.165) is 24.4 Å². The van der Waals surface area contributed by atoms with Gasteiger partial charge in [0.2, 0.25) is 5.91 Å². The van der Waals surface area contributed by atoms with Crippen LogP contribution in [0.1, 0.15) is 36.8 Å². The van der Waals surface area contributed by atoms with Crippen molar-refractivity contribution in [1.82, 2.24) is 24.8 Å². The highest BCUT2D eigenvalue weighted by atomic mass is 16.1. The molecule has 1 fully saturated rings. The Morgan fingerprint density at radius 1 is 1.38 bits per heavy atom. The van der Waals surface area contributed by atoms with E-state index in [9.17, 15) is 4.79 Å². The second-order valence-corrected chi connectivity index (χ2v) is 5.48. The summed E-state index contributed by atoms with van der Waals surface area (Å²) in [6.45, 7) is 0. The zero-order valence-electron chi connectivity index (χ0n) is 12.1. The standard InChI is InChI=1S/C15H19N5O/c1-20-9-8-18-15(20)14(11-2-3-11)19-13(21)5-4-12-10-16-6-7-17-12/h6-11,14H,2-5H2,1H3,(H,19,21)/t14-/m0/s1. The van der Waals surface area contributed by atoms with E-state index in [-0.39, 0.29) is 11.9 Å². The fourth-order valence-electron chi connectivity index (χ4n) is 2.45. The molecule has 1 aliphatic rings. The second-order valence-electron chi connectivity index (χ2n) is 5.48. The van der Waals surface area contributed by atoms with Crippen LogP contribution in [0.2, 0.25) is 0 Å². The number of aromatic nitrogens is 4. The highest BCUT2D eigenvalue weighted by Gasteiger charge is 2.35. The van der Waals surface area contributed by atoms with Crippen LogP contribution >= 0.6 is 0 Å². The van der Waals surface area contributed by atoms with E-state index >= 15 is 0 Å². The summed E-state index contributed by atoms with van der Waals surface area (Å²) in [4.78, 5) is 24.7. The number of amides is 1. The number of hydrogen-bond acceptors (Lipinski definition) is 4. The summed E-state index contributed by atoms with van der Waals surface area (Å²) in [5.74, 6) is 1.50. The van der Waals surface area contributed by atoms with Crippen LogP contribution in [0.5, 0.6) is 0 Å². The van der Waals surface area contributed by atoms with Gasteiger partial charge in [0.15, 0.2) is 0 Å². The van der Waals surface area contributed by atoms with Gasteiger partial charge in [0.1, 0.15) is 5.82 Å². The SMILES string of the molecule is Cn1ccnc1[C@@H](NC(=O)CCc1cnccn1)C1CC1. The molecule has 110 valence electrons. The van der Waals surface area contributed by atoms with E-state index in [1.807, 2.05) is 17.8 Å². The molecule has 6 nitrogen and oxygen atoms in total. The van der Waals surface area contributed by atoms with E-state index in [1.54, 1.807) is 24.8 Å². The van der Waals surface area contributed by atoms with Gasteiger partial charge in [-0.3, -0.25) is 14.8 Å². The summed E-state index contributed by atoms with van der Waals surface area (Å²) in [5, 5.41) is 3.12. The molecular weight excluding hydrogens is 266 g/mol. The summed E-state index contributed by atoms with van der Waals surface area (Å²) in [5.41, 5.74) is 0.840. The number of hydrogen-bond donors (Lipinski definition) is 1. The van der Waals surface area contributed by atoms with Gasteiger partial charge in [0.25, 0.3) is 0 Å². The smallest absolute Gasteiger partial charge is 0.220 e. The number of nitrogens with zero attached hydrogens (tertiary/aromatic N) is 4. The highest BCUT2D eigenvalue weighted by Crippen LogP contribution is 2.40. The van der Waals surface area contributed by atoms with Crippen LogP contribution in [0, 0.1) is 5.92 Å². The predicted octanol–water partition coefficient (Wildman–Crippen LogP) is 1.41. The van der Waals surface area contributed by atoms with Crippen LogP contribution in [0.3, 0.4) is 0 Å². The lowest BCUT2D eigenvalue weighted by molar-refractivity contribution is -0.122. The third-order valence-electron chi connectivity index (χ3n) is 3.77. The Morgan fingerprint density at radius 2 is 2.24 bits per heavy atom. The van der Waals surface area contributed by atoms with E-state index in [2.05, 4.69) is 20.3 Å². The molecule has 6 heteroatoms. The zero-order chi connectivity index (χ0) is 14.7. The molecule has 0 aromatic carbocycles. The first-order chi connectivity index (χ1) is 10.2.